The van der Waals surface area contributed by atoms with E-state index in [4.69, 9.17) is 0 Å². The zero-order valence-corrected chi connectivity index (χ0v) is 11.8. The number of carbonyl (C=O) groups excluding carboxylic acids is 1. The van der Waals surface area contributed by atoms with Gasteiger partial charge in [0.1, 0.15) is 0 Å². The summed E-state index contributed by atoms with van der Waals surface area (Å²) >= 11 is 0. The van der Waals surface area contributed by atoms with Crippen LogP contribution in [0.1, 0.15) is 16.7 Å². The van der Waals surface area contributed by atoms with Crippen molar-refractivity contribution in [1.82, 2.24) is 0 Å². The fraction of sp³-hybridized carbons (Fsp3) is 0.118. The van der Waals surface area contributed by atoms with Crippen LogP contribution in [-0.2, 0) is 11.0 Å². The molecule has 114 valence electrons. The van der Waals surface area contributed by atoms with E-state index in [1.807, 2.05) is 31.2 Å². The highest BCUT2D eigenvalue weighted by molar-refractivity contribution is 6.01. The van der Waals surface area contributed by atoms with Crippen molar-refractivity contribution in [1.29, 1.82) is 0 Å². The fourth-order valence-electron chi connectivity index (χ4n) is 1.90. The van der Waals surface area contributed by atoms with E-state index in [2.05, 4.69) is 5.32 Å². The smallest absolute Gasteiger partial charge is 0.322 e. The van der Waals surface area contributed by atoms with Gasteiger partial charge in [0.2, 0.25) is 5.91 Å². The molecule has 0 saturated carbocycles. The highest BCUT2D eigenvalue weighted by atomic mass is 19.4. The number of hydrogen-bond acceptors (Lipinski definition) is 1. The first kappa shape index (κ1) is 15.8. The van der Waals surface area contributed by atoms with Gasteiger partial charge in [-0.05, 0) is 36.8 Å². The van der Waals surface area contributed by atoms with Crippen LogP contribution in [0.4, 0.5) is 18.9 Å². The minimum atomic E-state index is -4.43. The van der Waals surface area contributed by atoms with Crippen LogP contribution in [-0.4, -0.2) is 5.91 Å². The monoisotopic (exact) mass is 305 g/mol. The second-order valence-corrected chi connectivity index (χ2v) is 4.82. The van der Waals surface area contributed by atoms with Gasteiger partial charge >= 0.3 is 6.18 Å². The predicted octanol–water partition coefficient (Wildman–Crippen LogP) is 4.67. The lowest BCUT2D eigenvalue weighted by molar-refractivity contribution is -0.137. The number of aryl methyl sites for hydroxylation is 1. The van der Waals surface area contributed by atoms with Gasteiger partial charge in [-0.1, -0.05) is 35.9 Å². The van der Waals surface area contributed by atoms with E-state index < -0.39 is 17.6 Å². The predicted molar refractivity (Wildman–Crippen MR) is 80.3 cm³/mol. The molecule has 22 heavy (non-hydrogen) atoms. The van der Waals surface area contributed by atoms with E-state index in [1.165, 1.54) is 18.2 Å². The molecule has 0 unspecified atom stereocenters. The number of carbonyl (C=O) groups is 1. The Morgan fingerprint density at radius 2 is 1.82 bits per heavy atom. The number of anilines is 1. The van der Waals surface area contributed by atoms with E-state index in [-0.39, 0.29) is 5.69 Å². The van der Waals surface area contributed by atoms with Gasteiger partial charge < -0.3 is 5.32 Å². The van der Waals surface area contributed by atoms with Crippen molar-refractivity contribution < 1.29 is 18.0 Å². The lowest BCUT2D eigenvalue weighted by atomic mass is 10.1. The Morgan fingerprint density at radius 1 is 1.09 bits per heavy atom. The Hall–Kier alpha value is -2.56. The van der Waals surface area contributed by atoms with Crippen molar-refractivity contribution in [2.45, 2.75) is 13.1 Å². The second kappa shape index (κ2) is 6.47. The number of nitrogens with one attached hydrogen (secondary N) is 1. The molecule has 2 aromatic carbocycles. The molecule has 0 atom stereocenters. The molecular formula is C17H14F3NO. The van der Waals surface area contributed by atoms with Crippen molar-refractivity contribution in [3.05, 3.63) is 71.3 Å². The lowest BCUT2D eigenvalue weighted by Crippen LogP contribution is -2.10. The van der Waals surface area contributed by atoms with E-state index in [0.29, 0.717) is 0 Å². The SMILES string of the molecule is Cc1cccc(/C=C/C(=O)Nc2cccc(C(F)(F)F)c2)c1. The summed E-state index contributed by atoms with van der Waals surface area (Å²) in [6, 6.07) is 12.0. The molecule has 0 aromatic heterocycles. The molecule has 2 nitrogen and oxygen atoms in total. The van der Waals surface area contributed by atoms with Crippen LogP contribution in [0.25, 0.3) is 6.08 Å². The van der Waals surface area contributed by atoms with Gasteiger partial charge in [-0.2, -0.15) is 13.2 Å². The van der Waals surface area contributed by atoms with Crippen molar-refractivity contribution >= 4 is 17.7 Å². The largest absolute Gasteiger partial charge is 0.416 e. The van der Waals surface area contributed by atoms with Crippen LogP contribution in [0, 0.1) is 6.92 Å². The Balaban J connectivity index is 2.06. The summed E-state index contributed by atoms with van der Waals surface area (Å²) < 4.78 is 37.8. The third kappa shape index (κ3) is 4.48. The number of rotatable bonds is 3. The van der Waals surface area contributed by atoms with E-state index in [1.54, 1.807) is 6.08 Å². The Morgan fingerprint density at radius 3 is 2.50 bits per heavy atom. The molecule has 0 heterocycles. The van der Waals surface area contributed by atoms with Crippen LogP contribution in [0.15, 0.2) is 54.6 Å². The quantitative estimate of drug-likeness (QED) is 0.821. The molecule has 0 aliphatic carbocycles. The van der Waals surface area contributed by atoms with Crippen LogP contribution in [0.3, 0.4) is 0 Å². The summed E-state index contributed by atoms with van der Waals surface area (Å²) in [5, 5.41) is 2.41. The lowest BCUT2D eigenvalue weighted by Gasteiger charge is -2.08. The normalized spacial score (nSPS) is 11.6. The minimum Gasteiger partial charge on any atom is -0.322 e. The molecular weight excluding hydrogens is 291 g/mol. The minimum absolute atomic E-state index is 0.105. The maximum atomic E-state index is 12.6. The first-order valence-electron chi connectivity index (χ1n) is 6.57. The van der Waals surface area contributed by atoms with E-state index in [0.717, 1.165) is 23.3 Å². The van der Waals surface area contributed by atoms with E-state index in [9.17, 15) is 18.0 Å². The molecule has 0 aliphatic heterocycles. The van der Waals surface area contributed by atoms with Gasteiger partial charge in [0.15, 0.2) is 0 Å². The zero-order valence-electron chi connectivity index (χ0n) is 11.8. The summed E-state index contributed by atoms with van der Waals surface area (Å²) in [6.45, 7) is 1.93. The summed E-state index contributed by atoms with van der Waals surface area (Å²) in [6.07, 6.45) is -1.54. The maximum absolute atomic E-state index is 12.6. The topological polar surface area (TPSA) is 29.1 Å². The third-order valence-electron chi connectivity index (χ3n) is 2.93. The zero-order chi connectivity index (χ0) is 16.2. The number of amides is 1. The molecule has 5 heteroatoms. The molecule has 0 fully saturated rings. The molecule has 1 amide bonds. The van der Waals surface area contributed by atoms with Crippen molar-refractivity contribution in [3.8, 4) is 0 Å². The maximum Gasteiger partial charge on any atom is 0.416 e. The number of alkyl halides is 3. The van der Waals surface area contributed by atoms with Crippen molar-refractivity contribution in [2.24, 2.45) is 0 Å². The third-order valence-corrected chi connectivity index (χ3v) is 2.93. The standard InChI is InChI=1S/C17H14F3NO/c1-12-4-2-5-13(10-12)8-9-16(22)21-15-7-3-6-14(11-15)17(18,19)20/h2-11H,1H3,(H,21,22)/b9-8+. The number of hydrogen-bond donors (Lipinski definition) is 1. The summed E-state index contributed by atoms with van der Waals surface area (Å²) in [4.78, 5) is 11.8. The van der Waals surface area contributed by atoms with E-state index >= 15 is 0 Å². The first-order valence-corrected chi connectivity index (χ1v) is 6.57. The highest BCUT2D eigenvalue weighted by Gasteiger charge is 2.30. The average Bonchev–Trinajstić information content (AvgIpc) is 2.45. The van der Waals surface area contributed by atoms with Gasteiger partial charge in [-0.15, -0.1) is 0 Å². The van der Waals surface area contributed by atoms with Gasteiger partial charge in [0, 0.05) is 11.8 Å². The van der Waals surface area contributed by atoms with Crippen LogP contribution in [0.5, 0.6) is 0 Å². The average molecular weight is 305 g/mol. The van der Waals surface area contributed by atoms with Gasteiger partial charge in [0.05, 0.1) is 5.56 Å². The van der Waals surface area contributed by atoms with Crippen molar-refractivity contribution in [3.63, 3.8) is 0 Å². The molecule has 0 spiro atoms. The Labute approximate surface area is 126 Å². The molecule has 1 N–H and O–H groups in total. The van der Waals surface area contributed by atoms with Crippen LogP contribution < -0.4 is 5.32 Å². The molecule has 0 bridgehead atoms. The first-order chi connectivity index (χ1) is 10.3. The number of benzene rings is 2. The fourth-order valence-corrected chi connectivity index (χ4v) is 1.90. The molecule has 2 rings (SSSR count). The number of halogens is 3. The molecule has 0 radical (unpaired) electrons. The highest BCUT2D eigenvalue weighted by Crippen LogP contribution is 2.30. The second-order valence-electron chi connectivity index (χ2n) is 4.82. The van der Waals surface area contributed by atoms with Crippen molar-refractivity contribution in [2.75, 3.05) is 5.32 Å². The van der Waals surface area contributed by atoms with Gasteiger partial charge in [0.25, 0.3) is 0 Å². The molecule has 0 saturated heterocycles. The molecule has 2 aromatic rings. The Kier molecular flexibility index (Phi) is 4.65. The van der Waals surface area contributed by atoms with Crippen LogP contribution in [0.2, 0.25) is 0 Å². The Bertz CT molecular complexity index is 705. The van der Waals surface area contributed by atoms with Gasteiger partial charge in [-0.25, -0.2) is 0 Å². The molecule has 0 aliphatic rings. The summed E-state index contributed by atoms with van der Waals surface area (Å²) in [5.41, 5.74) is 1.21. The summed E-state index contributed by atoms with van der Waals surface area (Å²) in [5.74, 6) is -0.485. The van der Waals surface area contributed by atoms with Crippen LogP contribution >= 0.6 is 0 Å². The summed E-state index contributed by atoms with van der Waals surface area (Å²) in [7, 11) is 0. The van der Waals surface area contributed by atoms with Gasteiger partial charge in [-0.3, -0.25) is 4.79 Å².